The number of nitrogens with zero attached hydrogens (tertiary/aromatic N) is 17. The first-order valence-electron chi connectivity index (χ1n) is 25.1. The first kappa shape index (κ1) is 46.7. The number of rotatable bonds is 11. The summed E-state index contributed by atoms with van der Waals surface area (Å²) in [6.45, 7) is 17.7. The number of hydrogen-bond donors (Lipinski definition) is 4. The van der Waals surface area contributed by atoms with Gasteiger partial charge in [-0.3, -0.25) is 13.9 Å². The van der Waals surface area contributed by atoms with E-state index in [9.17, 15) is 9.90 Å². The number of amides is 1. The minimum Gasteiger partial charge on any atom is -0.384 e. The molecule has 71 heavy (non-hydrogen) atoms. The zero-order valence-corrected chi connectivity index (χ0v) is 40.8. The zero-order valence-electron chi connectivity index (χ0n) is 40.8. The molecule has 6 fully saturated rings. The van der Waals surface area contributed by atoms with Crippen LogP contribution >= 0.6 is 0 Å². The summed E-state index contributed by atoms with van der Waals surface area (Å²) in [5.74, 6) is 6.08. The van der Waals surface area contributed by atoms with Gasteiger partial charge in [0, 0.05) is 115 Å². The second kappa shape index (κ2) is 19.9. The average Bonchev–Trinajstić information content (AvgIpc) is 4.33. The van der Waals surface area contributed by atoms with Crippen LogP contribution in [0.25, 0.3) is 45.1 Å². The Hall–Kier alpha value is -6.63. The van der Waals surface area contributed by atoms with Gasteiger partial charge in [0.1, 0.15) is 6.10 Å². The van der Waals surface area contributed by atoms with Crippen molar-refractivity contribution in [2.75, 3.05) is 123 Å². The van der Waals surface area contributed by atoms with Gasteiger partial charge >= 0.3 is 0 Å². The molecule has 1 amide bonds. The standard InChI is InChI=1S/C25H34N10O3.C22H30N10O/c1-15-13-33(5-6-34(15)23(37)16(2)36)25-29-19-21(32-7-9-38-10-8-32)30-20(18-11-27-24(26)28-12-18)31-22(19)35(25)14-17-3-4-17;1-14-12-31(5-4-24-14)22-27-17-19(30-6-8-33-9-7-30)28-18(16-10-25-21(23)26-11-16)29-20(17)32(22)13-15-2-3-15/h11-12,15-17,36H,3-10,13-14H2,1-2H3,(H2,26,27,28);10-11,14-15,24H,2-9,12-13H2,1H3,(H2,23,25,26)/t15-,16-;14-/m00/s1. The number of aromatic nitrogens is 12. The average molecular weight is 973 g/mol. The summed E-state index contributed by atoms with van der Waals surface area (Å²) in [5, 5.41) is 13.4. The third kappa shape index (κ3) is 10.0. The van der Waals surface area contributed by atoms with Crippen LogP contribution in [-0.4, -0.2) is 185 Å². The minimum atomic E-state index is -1.01. The number of aliphatic hydroxyl groups excluding tert-OH is 1. The summed E-state index contributed by atoms with van der Waals surface area (Å²) in [6, 6.07) is 0.354. The molecule has 24 nitrogen and oxygen atoms in total. The van der Waals surface area contributed by atoms with Crippen LogP contribution in [0, 0.1) is 11.8 Å². The van der Waals surface area contributed by atoms with Crippen molar-refractivity contribution < 1.29 is 19.4 Å². The molecule has 376 valence electrons. The number of carbonyl (C=O) groups excluding carboxylic acids is 1. The third-order valence-electron chi connectivity index (χ3n) is 14.1. The summed E-state index contributed by atoms with van der Waals surface area (Å²) in [7, 11) is 0. The van der Waals surface area contributed by atoms with E-state index in [0.29, 0.717) is 94.2 Å². The van der Waals surface area contributed by atoms with Crippen LogP contribution in [0.4, 0.5) is 35.4 Å². The highest BCUT2D eigenvalue weighted by atomic mass is 16.5. The molecule has 4 saturated heterocycles. The van der Waals surface area contributed by atoms with Gasteiger partial charge in [-0.05, 0) is 58.3 Å². The van der Waals surface area contributed by atoms with Gasteiger partial charge in [0.25, 0.3) is 5.91 Å². The van der Waals surface area contributed by atoms with Crippen LogP contribution in [0.5, 0.6) is 0 Å². The summed E-state index contributed by atoms with van der Waals surface area (Å²) < 4.78 is 15.7. The lowest BCUT2D eigenvalue weighted by Crippen LogP contribution is -2.56. The molecule has 2 saturated carbocycles. The maximum Gasteiger partial charge on any atom is 0.251 e. The number of anilines is 6. The quantitative estimate of drug-likeness (QED) is 0.143. The Kier molecular flexibility index (Phi) is 13.1. The van der Waals surface area contributed by atoms with Gasteiger partial charge in [-0.15, -0.1) is 0 Å². The van der Waals surface area contributed by atoms with Crippen molar-refractivity contribution in [1.29, 1.82) is 0 Å². The lowest BCUT2D eigenvalue weighted by molar-refractivity contribution is -0.141. The zero-order chi connectivity index (χ0) is 48.8. The van der Waals surface area contributed by atoms with Gasteiger partial charge in [0.05, 0.1) is 37.6 Å². The fourth-order valence-corrected chi connectivity index (χ4v) is 9.86. The van der Waals surface area contributed by atoms with Gasteiger partial charge < -0.3 is 55.9 Å². The fraction of sp³-hybridized carbons (Fsp3) is 0.596. The summed E-state index contributed by atoms with van der Waals surface area (Å²) in [5.41, 5.74) is 16.2. The van der Waals surface area contributed by atoms with Gasteiger partial charge in [-0.2, -0.15) is 0 Å². The van der Waals surface area contributed by atoms with E-state index in [1.165, 1.54) is 32.6 Å². The highest BCUT2D eigenvalue weighted by molar-refractivity contribution is 5.89. The Morgan fingerprint density at radius 1 is 0.648 bits per heavy atom. The van der Waals surface area contributed by atoms with Crippen LogP contribution in [0.15, 0.2) is 24.8 Å². The van der Waals surface area contributed by atoms with Crippen LogP contribution in [0.1, 0.15) is 46.5 Å². The number of piperazine rings is 2. The van der Waals surface area contributed by atoms with Crippen molar-refractivity contribution in [3.8, 4) is 22.8 Å². The number of aliphatic hydroxyl groups is 1. The number of nitrogen functional groups attached to an aromatic ring is 2. The van der Waals surface area contributed by atoms with E-state index in [0.717, 1.165) is 97.2 Å². The van der Waals surface area contributed by atoms with E-state index in [2.05, 4.69) is 60.9 Å². The molecule has 6 aromatic heterocycles. The molecule has 0 spiro atoms. The lowest BCUT2D eigenvalue weighted by atomic mass is 10.1. The number of nitrogens with two attached hydrogens (primary N) is 2. The number of carbonyl (C=O) groups is 1. The van der Waals surface area contributed by atoms with Gasteiger partial charge in [-0.25, -0.2) is 49.8 Å². The normalized spacial score (nSPS) is 21.4. The maximum atomic E-state index is 12.5. The Balaban J connectivity index is 0.000000155. The molecule has 6 N–H and O–H groups in total. The monoisotopic (exact) mass is 973 g/mol. The van der Waals surface area contributed by atoms with E-state index in [4.69, 9.17) is 50.8 Å². The smallest absolute Gasteiger partial charge is 0.251 e. The first-order valence-corrected chi connectivity index (χ1v) is 25.1. The molecule has 6 aliphatic rings. The predicted molar refractivity (Wildman–Crippen MR) is 268 cm³/mol. The van der Waals surface area contributed by atoms with Crippen LogP contribution in [0.2, 0.25) is 0 Å². The van der Waals surface area contributed by atoms with Crippen molar-refractivity contribution in [3.63, 3.8) is 0 Å². The molecule has 24 heteroatoms. The summed E-state index contributed by atoms with van der Waals surface area (Å²) in [4.78, 5) is 70.2. The topological polar surface area (TPSA) is 275 Å². The third-order valence-corrected chi connectivity index (χ3v) is 14.1. The molecule has 10 heterocycles. The molecule has 2 aliphatic carbocycles. The van der Waals surface area contributed by atoms with Crippen LogP contribution in [-0.2, 0) is 27.4 Å². The van der Waals surface area contributed by atoms with Crippen LogP contribution < -0.4 is 36.4 Å². The second-order valence-electron chi connectivity index (χ2n) is 19.7. The van der Waals surface area contributed by atoms with E-state index >= 15 is 0 Å². The predicted octanol–water partition coefficient (Wildman–Crippen LogP) is 1.44. The highest BCUT2D eigenvalue weighted by Crippen LogP contribution is 2.39. The summed E-state index contributed by atoms with van der Waals surface area (Å²) in [6.07, 6.45) is 10.6. The molecular formula is C47H64N20O4. The SMILES string of the molecule is C[C@H](O)C(=O)N1CCN(c2nc3c(N4CCOCC4)nc(-c4cnc(N)nc4)nc3n2CC2CC2)C[C@@H]1C.C[C@H]1CN(c2nc3c(N4CCOCC4)nc(-c4cnc(N)nc4)nc3n2CC2CC2)CCN1. The van der Waals surface area contributed by atoms with E-state index in [1.54, 1.807) is 29.7 Å². The Labute approximate surface area is 411 Å². The van der Waals surface area contributed by atoms with E-state index in [-0.39, 0.29) is 23.8 Å². The number of imidazole rings is 2. The van der Waals surface area contributed by atoms with Gasteiger partial charge in [0.2, 0.25) is 23.8 Å². The number of hydrogen-bond acceptors (Lipinski definition) is 21. The molecule has 12 rings (SSSR count). The van der Waals surface area contributed by atoms with Crippen molar-refractivity contribution in [2.24, 2.45) is 11.8 Å². The second-order valence-corrected chi connectivity index (χ2v) is 19.7. The van der Waals surface area contributed by atoms with Crippen molar-refractivity contribution >= 4 is 63.7 Å². The number of nitrogens with one attached hydrogen (secondary N) is 1. The number of fused-ring (bicyclic) bond motifs is 2. The summed E-state index contributed by atoms with van der Waals surface area (Å²) >= 11 is 0. The molecule has 0 bridgehead atoms. The molecular weight excluding hydrogens is 909 g/mol. The number of ether oxygens (including phenoxy) is 2. The Morgan fingerprint density at radius 3 is 1.54 bits per heavy atom. The molecule has 0 aromatic carbocycles. The molecule has 3 atom stereocenters. The van der Waals surface area contributed by atoms with E-state index < -0.39 is 6.10 Å². The molecule has 0 radical (unpaired) electrons. The van der Waals surface area contributed by atoms with Crippen molar-refractivity contribution in [3.05, 3.63) is 24.8 Å². The van der Waals surface area contributed by atoms with Gasteiger partial charge in [0.15, 0.2) is 45.6 Å². The number of morpholine rings is 2. The highest BCUT2D eigenvalue weighted by Gasteiger charge is 2.35. The first-order chi connectivity index (χ1) is 34.5. The molecule has 4 aliphatic heterocycles. The van der Waals surface area contributed by atoms with Crippen molar-refractivity contribution in [1.82, 2.24) is 69.2 Å². The largest absolute Gasteiger partial charge is 0.384 e. The lowest BCUT2D eigenvalue weighted by Gasteiger charge is -2.40. The van der Waals surface area contributed by atoms with E-state index in [1.807, 2.05) is 6.92 Å². The molecule has 0 unspecified atom stereocenters. The van der Waals surface area contributed by atoms with Crippen molar-refractivity contribution in [2.45, 2.75) is 77.7 Å². The Morgan fingerprint density at radius 2 is 1.11 bits per heavy atom. The van der Waals surface area contributed by atoms with Gasteiger partial charge in [-0.1, -0.05) is 0 Å². The Bertz CT molecular complexity index is 2840. The maximum absolute atomic E-state index is 12.5. The fourth-order valence-electron chi connectivity index (χ4n) is 9.86. The molecule has 6 aromatic rings. The minimum absolute atomic E-state index is 0.0627. The van der Waals surface area contributed by atoms with Crippen LogP contribution in [0.3, 0.4) is 0 Å².